The molecule has 0 saturated heterocycles. The minimum atomic E-state index is -2.41. The van der Waals surface area contributed by atoms with Crippen LogP contribution in [0, 0.1) is 5.41 Å². The minimum absolute atomic E-state index is 0.126. The van der Waals surface area contributed by atoms with Crippen LogP contribution in [0.2, 0.25) is 0 Å². The van der Waals surface area contributed by atoms with Gasteiger partial charge in [0.25, 0.3) is 0 Å². The zero-order chi connectivity index (χ0) is 11.3. The van der Waals surface area contributed by atoms with Crippen molar-refractivity contribution >= 4 is 5.97 Å². The van der Waals surface area contributed by atoms with Crippen molar-refractivity contribution in [2.75, 3.05) is 6.61 Å². The molecule has 0 amide bonds. The molecule has 0 spiro atoms. The van der Waals surface area contributed by atoms with Crippen molar-refractivity contribution in [2.45, 2.75) is 51.9 Å². The average Bonchev–Trinajstić information content (AvgIpc) is 2.19. The van der Waals surface area contributed by atoms with E-state index in [0.29, 0.717) is 12.8 Å². The first-order chi connectivity index (χ1) is 7.10. The highest BCUT2D eigenvalue weighted by Crippen LogP contribution is 2.44. The molecule has 2 nitrogen and oxygen atoms in total. The van der Waals surface area contributed by atoms with Crippen molar-refractivity contribution in [1.29, 1.82) is 0 Å². The molecule has 0 heterocycles. The largest absolute Gasteiger partial charge is 0.466 e. The highest BCUT2D eigenvalue weighted by atomic mass is 19.3. The van der Waals surface area contributed by atoms with Gasteiger partial charge in [-0.05, 0) is 19.8 Å². The van der Waals surface area contributed by atoms with E-state index < -0.39 is 17.8 Å². The highest BCUT2D eigenvalue weighted by Gasteiger charge is 2.42. The van der Waals surface area contributed by atoms with Crippen LogP contribution in [-0.4, -0.2) is 19.0 Å². The monoisotopic (exact) mass is 220 g/mol. The van der Waals surface area contributed by atoms with Gasteiger partial charge in [0.2, 0.25) is 6.43 Å². The summed E-state index contributed by atoms with van der Waals surface area (Å²) >= 11 is 0. The number of ether oxygens (including phenoxy) is 1. The third-order valence-electron chi connectivity index (χ3n) is 3.11. The quantitative estimate of drug-likeness (QED) is 0.680. The van der Waals surface area contributed by atoms with Crippen molar-refractivity contribution in [3.05, 3.63) is 0 Å². The second-order valence-electron chi connectivity index (χ2n) is 4.21. The maximum Gasteiger partial charge on any atom is 0.306 e. The van der Waals surface area contributed by atoms with Crippen LogP contribution in [0.4, 0.5) is 8.78 Å². The van der Waals surface area contributed by atoms with E-state index >= 15 is 0 Å². The van der Waals surface area contributed by atoms with Crippen molar-refractivity contribution in [2.24, 2.45) is 5.41 Å². The summed E-state index contributed by atoms with van der Waals surface area (Å²) < 4.78 is 30.7. The summed E-state index contributed by atoms with van der Waals surface area (Å²) in [5.41, 5.74) is -1.11. The van der Waals surface area contributed by atoms with E-state index in [1.807, 2.05) is 0 Å². The minimum Gasteiger partial charge on any atom is -0.466 e. The normalized spacial score (nSPS) is 20.3. The van der Waals surface area contributed by atoms with Gasteiger partial charge in [-0.2, -0.15) is 0 Å². The molecule has 0 aliphatic heterocycles. The Hall–Kier alpha value is -0.670. The SMILES string of the molecule is CCOC(=O)CC1(C(F)F)CCCCC1. The van der Waals surface area contributed by atoms with E-state index in [4.69, 9.17) is 4.74 Å². The standard InChI is InChI=1S/C11H18F2O2/c1-2-15-9(14)8-11(10(12)13)6-4-3-5-7-11/h10H,2-8H2,1H3. The predicted octanol–water partition coefficient (Wildman–Crippen LogP) is 3.16. The lowest BCUT2D eigenvalue weighted by molar-refractivity contribution is -0.151. The first kappa shape index (κ1) is 12.4. The summed E-state index contributed by atoms with van der Waals surface area (Å²) in [6, 6.07) is 0. The van der Waals surface area contributed by atoms with Crippen LogP contribution in [0.5, 0.6) is 0 Å². The molecule has 0 atom stereocenters. The molecular weight excluding hydrogens is 202 g/mol. The molecule has 0 unspecified atom stereocenters. The maximum absolute atomic E-state index is 13.0. The van der Waals surface area contributed by atoms with Gasteiger partial charge in [0.1, 0.15) is 0 Å². The molecule has 0 aromatic rings. The zero-order valence-electron chi connectivity index (χ0n) is 9.10. The molecule has 1 saturated carbocycles. The third kappa shape index (κ3) is 3.14. The molecule has 0 aromatic carbocycles. The van der Waals surface area contributed by atoms with E-state index in [0.717, 1.165) is 19.3 Å². The molecule has 1 fully saturated rings. The molecule has 4 heteroatoms. The summed E-state index contributed by atoms with van der Waals surface area (Å²) in [5, 5.41) is 0. The van der Waals surface area contributed by atoms with Gasteiger partial charge < -0.3 is 4.74 Å². The number of alkyl halides is 2. The molecule has 88 valence electrons. The van der Waals surface area contributed by atoms with Crippen LogP contribution < -0.4 is 0 Å². The summed E-state index contributed by atoms with van der Waals surface area (Å²) in [6.45, 7) is 1.95. The van der Waals surface area contributed by atoms with Gasteiger partial charge in [-0.1, -0.05) is 19.3 Å². The van der Waals surface area contributed by atoms with Crippen LogP contribution in [-0.2, 0) is 9.53 Å². The van der Waals surface area contributed by atoms with Gasteiger partial charge in [-0.15, -0.1) is 0 Å². The molecule has 0 bridgehead atoms. The Bertz CT molecular complexity index is 211. The third-order valence-corrected chi connectivity index (χ3v) is 3.11. The van der Waals surface area contributed by atoms with Gasteiger partial charge >= 0.3 is 5.97 Å². The summed E-state index contributed by atoms with van der Waals surface area (Å²) in [4.78, 5) is 11.3. The fourth-order valence-electron chi connectivity index (χ4n) is 2.23. The van der Waals surface area contributed by atoms with Gasteiger partial charge in [0.15, 0.2) is 0 Å². The predicted molar refractivity (Wildman–Crippen MR) is 52.8 cm³/mol. The van der Waals surface area contributed by atoms with Crippen LogP contribution in [0.15, 0.2) is 0 Å². The summed E-state index contributed by atoms with van der Waals surface area (Å²) in [5.74, 6) is -0.486. The van der Waals surface area contributed by atoms with Crippen LogP contribution in [0.25, 0.3) is 0 Å². The highest BCUT2D eigenvalue weighted by molar-refractivity contribution is 5.70. The Labute approximate surface area is 89.0 Å². The van der Waals surface area contributed by atoms with Gasteiger partial charge in [0, 0.05) is 5.41 Å². The maximum atomic E-state index is 13.0. The molecule has 0 aromatic heterocycles. The van der Waals surface area contributed by atoms with Crippen molar-refractivity contribution in [3.8, 4) is 0 Å². The van der Waals surface area contributed by atoms with Crippen molar-refractivity contribution in [3.63, 3.8) is 0 Å². The first-order valence-corrected chi connectivity index (χ1v) is 5.54. The van der Waals surface area contributed by atoms with Gasteiger partial charge in [0.05, 0.1) is 13.0 Å². The molecule has 15 heavy (non-hydrogen) atoms. The van der Waals surface area contributed by atoms with Crippen molar-refractivity contribution in [1.82, 2.24) is 0 Å². The van der Waals surface area contributed by atoms with E-state index in [9.17, 15) is 13.6 Å². The second kappa shape index (κ2) is 5.42. The van der Waals surface area contributed by atoms with E-state index in [2.05, 4.69) is 0 Å². The van der Waals surface area contributed by atoms with Crippen LogP contribution >= 0.6 is 0 Å². The Morgan fingerprint density at radius 1 is 1.33 bits per heavy atom. The lowest BCUT2D eigenvalue weighted by Gasteiger charge is -2.35. The number of hydrogen-bond acceptors (Lipinski definition) is 2. The fourth-order valence-corrected chi connectivity index (χ4v) is 2.23. The topological polar surface area (TPSA) is 26.3 Å². The lowest BCUT2D eigenvalue weighted by atomic mass is 9.72. The fraction of sp³-hybridized carbons (Fsp3) is 0.909. The van der Waals surface area contributed by atoms with Crippen LogP contribution in [0.3, 0.4) is 0 Å². The smallest absolute Gasteiger partial charge is 0.306 e. The Kier molecular flexibility index (Phi) is 4.48. The Balaban J connectivity index is 2.60. The summed E-state index contributed by atoms with van der Waals surface area (Å²) in [7, 11) is 0. The van der Waals surface area contributed by atoms with E-state index in [1.54, 1.807) is 6.92 Å². The molecule has 0 N–H and O–H groups in total. The van der Waals surface area contributed by atoms with Crippen molar-refractivity contribution < 1.29 is 18.3 Å². The number of carbonyl (C=O) groups excluding carboxylic acids is 1. The van der Waals surface area contributed by atoms with Gasteiger partial charge in [-0.3, -0.25) is 4.79 Å². The van der Waals surface area contributed by atoms with Crippen LogP contribution in [0.1, 0.15) is 45.4 Å². The number of carbonyl (C=O) groups is 1. The first-order valence-electron chi connectivity index (χ1n) is 5.54. The second-order valence-corrected chi connectivity index (χ2v) is 4.21. The van der Waals surface area contributed by atoms with Gasteiger partial charge in [-0.25, -0.2) is 8.78 Å². The lowest BCUT2D eigenvalue weighted by Crippen LogP contribution is -2.35. The molecule has 1 aliphatic carbocycles. The number of esters is 1. The Morgan fingerprint density at radius 2 is 1.93 bits per heavy atom. The molecule has 0 radical (unpaired) electrons. The molecular formula is C11H18F2O2. The summed E-state index contributed by atoms with van der Waals surface area (Å²) in [6.07, 6.45) is 0.943. The number of rotatable bonds is 4. The number of halogens is 2. The van der Waals surface area contributed by atoms with E-state index in [-0.39, 0.29) is 13.0 Å². The van der Waals surface area contributed by atoms with E-state index in [1.165, 1.54) is 0 Å². The Morgan fingerprint density at radius 3 is 2.40 bits per heavy atom. The molecule has 1 rings (SSSR count). The average molecular weight is 220 g/mol. The number of hydrogen-bond donors (Lipinski definition) is 0. The molecule has 1 aliphatic rings. The zero-order valence-corrected chi connectivity index (χ0v) is 9.10.